The fraction of sp³-hybridized carbons (Fsp3) is 0.520. The number of nitrogens with zero attached hydrogens (tertiary/aromatic N) is 4. The van der Waals surface area contributed by atoms with Gasteiger partial charge in [-0.2, -0.15) is 0 Å². The van der Waals surface area contributed by atoms with Crippen LogP contribution in [0, 0.1) is 10.8 Å². The molecule has 4 nitrogen and oxygen atoms in total. The summed E-state index contributed by atoms with van der Waals surface area (Å²) in [5.74, 6) is 0. The lowest BCUT2D eigenvalue weighted by atomic mass is 9.80. The molecule has 1 aliphatic carbocycles. The molecule has 0 spiro atoms. The summed E-state index contributed by atoms with van der Waals surface area (Å²) in [5.41, 5.74) is 6.11. The predicted molar refractivity (Wildman–Crippen MR) is 124 cm³/mol. The Kier molecular flexibility index (Phi) is 3.90. The van der Waals surface area contributed by atoms with Gasteiger partial charge in [-0.3, -0.25) is 10.0 Å². The van der Waals surface area contributed by atoms with Crippen molar-refractivity contribution in [3.8, 4) is 0 Å². The largest absolute Gasteiger partial charge is 0.351 e. The molecule has 0 bridgehead atoms. The Bertz CT molecular complexity index is 866. The zero-order valence-corrected chi connectivity index (χ0v) is 18.7. The predicted octanol–water partition coefficient (Wildman–Crippen LogP) is 5.70. The minimum Gasteiger partial charge on any atom is -0.351 e. The van der Waals surface area contributed by atoms with Crippen molar-refractivity contribution in [2.45, 2.75) is 59.3 Å². The second kappa shape index (κ2) is 6.07. The minimum atomic E-state index is 0.340. The number of para-hydroxylation sites is 4. The van der Waals surface area contributed by atoms with Gasteiger partial charge in [-0.15, -0.1) is 0 Å². The average Bonchev–Trinajstić information content (AvgIpc) is 3.27. The molecule has 2 aromatic carbocycles. The lowest BCUT2D eigenvalue weighted by Gasteiger charge is -2.54. The van der Waals surface area contributed by atoms with Gasteiger partial charge in [0.1, 0.15) is 12.3 Å². The minimum absolute atomic E-state index is 0.340. The third-order valence-corrected chi connectivity index (χ3v) is 8.19. The van der Waals surface area contributed by atoms with Gasteiger partial charge in [0.2, 0.25) is 0 Å². The van der Waals surface area contributed by atoms with E-state index in [1.165, 1.54) is 42.0 Å². The normalized spacial score (nSPS) is 32.6. The molecule has 3 aliphatic heterocycles. The third-order valence-electron chi connectivity index (χ3n) is 8.19. The van der Waals surface area contributed by atoms with Crippen LogP contribution in [0.15, 0.2) is 48.5 Å². The van der Waals surface area contributed by atoms with Crippen LogP contribution in [0.25, 0.3) is 0 Å². The van der Waals surface area contributed by atoms with Crippen molar-refractivity contribution in [3.63, 3.8) is 0 Å². The van der Waals surface area contributed by atoms with E-state index in [1.807, 2.05) is 13.8 Å². The van der Waals surface area contributed by atoms with Crippen molar-refractivity contribution in [1.82, 2.24) is 0 Å². The summed E-state index contributed by atoms with van der Waals surface area (Å²) in [6.07, 6.45) is 4.57. The van der Waals surface area contributed by atoms with Gasteiger partial charge in [0, 0.05) is 24.9 Å². The van der Waals surface area contributed by atoms with Gasteiger partial charge in [-0.05, 0) is 43.5 Å². The van der Waals surface area contributed by atoms with Crippen molar-refractivity contribution in [1.29, 1.82) is 0 Å². The van der Waals surface area contributed by atoms with E-state index in [9.17, 15) is 0 Å². The number of hydrazine groups is 1. The van der Waals surface area contributed by atoms with E-state index < -0.39 is 0 Å². The van der Waals surface area contributed by atoms with Gasteiger partial charge >= 0.3 is 0 Å². The number of hydrogen-bond acceptors (Lipinski definition) is 4. The van der Waals surface area contributed by atoms with E-state index >= 15 is 0 Å². The van der Waals surface area contributed by atoms with Crippen LogP contribution in [0.5, 0.6) is 0 Å². The van der Waals surface area contributed by atoms with Crippen LogP contribution in [-0.4, -0.2) is 26.4 Å². The Labute approximate surface area is 175 Å². The molecule has 4 aliphatic rings. The van der Waals surface area contributed by atoms with E-state index in [4.69, 9.17) is 0 Å². The second-order valence-corrected chi connectivity index (χ2v) is 8.83. The molecule has 0 amide bonds. The van der Waals surface area contributed by atoms with Crippen LogP contribution in [0.1, 0.15) is 47.0 Å². The second-order valence-electron chi connectivity index (χ2n) is 8.83. The summed E-state index contributed by atoms with van der Waals surface area (Å²) in [5, 5.41) is 5.26. The topological polar surface area (TPSA) is 13.0 Å². The Morgan fingerprint density at radius 3 is 1.38 bits per heavy atom. The Hall–Kier alpha value is -2.36. The first kappa shape index (κ1) is 18.7. The highest BCUT2D eigenvalue weighted by atomic mass is 15.8. The lowest BCUT2D eigenvalue weighted by Crippen LogP contribution is -2.68. The first-order valence-corrected chi connectivity index (χ1v) is 11.3. The Morgan fingerprint density at radius 1 is 0.690 bits per heavy atom. The molecule has 4 atom stereocenters. The average molecular weight is 391 g/mol. The zero-order valence-electron chi connectivity index (χ0n) is 18.7. The van der Waals surface area contributed by atoms with E-state index in [1.54, 1.807) is 0 Å². The molecule has 4 unspecified atom stereocenters. The maximum atomic E-state index is 2.63. The van der Waals surface area contributed by atoms with Crippen molar-refractivity contribution < 1.29 is 0 Å². The molecule has 3 heterocycles. The summed E-state index contributed by atoms with van der Waals surface area (Å²) in [7, 11) is 4.59. The highest BCUT2D eigenvalue weighted by molar-refractivity contribution is 5.87. The van der Waals surface area contributed by atoms with Gasteiger partial charge < -0.3 is 9.80 Å². The molecule has 2 fully saturated rings. The summed E-state index contributed by atoms with van der Waals surface area (Å²) >= 11 is 0. The zero-order chi connectivity index (χ0) is 20.6. The van der Waals surface area contributed by atoms with Crippen LogP contribution in [0.3, 0.4) is 0 Å². The molecule has 1 saturated carbocycles. The third kappa shape index (κ3) is 1.91. The molecular formula is C25H34N4. The number of rotatable bonds is 2. The SMILES string of the molecule is CC.CCC12CC1(CC)C1N(C)c3ccccc3N1N1c3ccccc3N(C)C12. The number of fused-ring (bicyclic) bond motifs is 10. The summed E-state index contributed by atoms with van der Waals surface area (Å²) < 4.78 is 0. The standard InChI is InChI=1S/C23H28N4.C2H6/c1-5-22-15-23(22,6-2)21-25(4)17-12-8-10-14-19(17)27(21)26-18-13-9-7-11-16(18)24(3)20(22)26;1-2/h7-14,20-21H,5-6,15H2,1-4H3;1-2H3. The molecular weight excluding hydrogens is 356 g/mol. The van der Waals surface area contributed by atoms with Crippen LogP contribution in [0.4, 0.5) is 22.7 Å². The molecule has 1 saturated heterocycles. The van der Waals surface area contributed by atoms with Crippen molar-refractivity contribution in [2.24, 2.45) is 10.8 Å². The molecule has 2 aromatic rings. The van der Waals surface area contributed by atoms with Crippen molar-refractivity contribution in [2.75, 3.05) is 33.9 Å². The van der Waals surface area contributed by atoms with E-state index in [2.05, 4.69) is 96.3 Å². The Balaban J connectivity index is 0.000000882. The van der Waals surface area contributed by atoms with Crippen molar-refractivity contribution >= 4 is 22.7 Å². The Morgan fingerprint density at radius 2 is 1.03 bits per heavy atom. The smallest absolute Gasteiger partial charge is 0.128 e. The number of anilines is 4. The lowest BCUT2D eigenvalue weighted by molar-refractivity contribution is 0.174. The fourth-order valence-electron chi connectivity index (χ4n) is 6.98. The van der Waals surface area contributed by atoms with Gasteiger partial charge in [0.15, 0.2) is 0 Å². The van der Waals surface area contributed by atoms with E-state index in [-0.39, 0.29) is 0 Å². The van der Waals surface area contributed by atoms with Gasteiger partial charge in [0.25, 0.3) is 0 Å². The van der Waals surface area contributed by atoms with Gasteiger partial charge in [-0.25, -0.2) is 0 Å². The van der Waals surface area contributed by atoms with Crippen LogP contribution < -0.4 is 19.8 Å². The highest BCUT2D eigenvalue weighted by Gasteiger charge is 2.80. The molecule has 0 N–H and O–H groups in total. The van der Waals surface area contributed by atoms with E-state index in [0.717, 1.165) is 0 Å². The number of hydrogen-bond donors (Lipinski definition) is 0. The maximum Gasteiger partial charge on any atom is 0.128 e. The monoisotopic (exact) mass is 390 g/mol. The summed E-state index contributed by atoms with van der Waals surface area (Å²) in [6, 6.07) is 17.9. The quantitative estimate of drug-likeness (QED) is 0.652. The maximum absolute atomic E-state index is 2.63. The first-order chi connectivity index (χ1) is 14.1. The van der Waals surface area contributed by atoms with Crippen LogP contribution in [0.2, 0.25) is 0 Å². The van der Waals surface area contributed by atoms with E-state index in [0.29, 0.717) is 23.2 Å². The van der Waals surface area contributed by atoms with Crippen molar-refractivity contribution in [3.05, 3.63) is 48.5 Å². The molecule has 154 valence electrons. The first-order valence-electron chi connectivity index (χ1n) is 11.3. The molecule has 0 aromatic heterocycles. The fourth-order valence-corrected chi connectivity index (χ4v) is 6.98. The molecule has 29 heavy (non-hydrogen) atoms. The van der Waals surface area contributed by atoms with Crippen LogP contribution in [-0.2, 0) is 0 Å². The van der Waals surface area contributed by atoms with Gasteiger partial charge in [0.05, 0.1) is 22.7 Å². The summed E-state index contributed by atoms with van der Waals surface area (Å²) in [4.78, 5) is 5.10. The molecule has 4 heteroatoms. The molecule has 6 rings (SSSR count). The van der Waals surface area contributed by atoms with Crippen LogP contribution >= 0.6 is 0 Å². The summed E-state index contributed by atoms with van der Waals surface area (Å²) in [6.45, 7) is 8.81. The molecule has 0 radical (unpaired) electrons. The number of benzene rings is 2. The van der Waals surface area contributed by atoms with Gasteiger partial charge in [-0.1, -0.05) is 52.0 Å². The highest BCUT2D eigenvalue weighted by Crippen LogP contribution is 2.78.